The van der Waals surface area contributed by atoms with E-state index in [4.69, 9.17) is 9.47 Å². The average molecular weight is 398 g/mol. The molecule has 0 aromatic heterocycles. The van der Waals surface area contributed by atoms with E-state index in [1.165, 1.54) is 13.0 Å². The van der Waals surface area contributed by atoms with E-state index in [1.54, 1.807) is 49.6 Å². The summed E-state index contributed by atoms with van der Waals surface area (Å²) in [6, 6.07) is 13.2. The van der Waals surface area contributed by atoms with Gasteiger partial charge in [0.1, 0.15) is 5.75 Å². The molecule has 0 atom stereocenters. The minimum atomic E-state index is -0.664. The lowest BCUT2D eigenvalue weighted by atomic mass is 10.1. The first-order valence-electron chi connectivity index (χ1n) is 8.88. The van der Waals surface area contributed by atoms with E-state index in [-0.39, 0.29) is 24.5 Å². The van der Waals surface area contributed by atoms with Gasteiger partial charge in [0.2, 0.25) is 5.91 Å². The van der Waals surface area contributed by atoms with E-state index < -0.39 is 18.5 Å². The number of carbonyl (C=O) groups is 4. The second-order valence-corrected chi connectivity index (χ2v) is 6.12. The first kappa shape index (κ1) is 21.6. The predicted octanol–water partition coefficient (Wildman–Crippen LogP) is 2.80. The number of benzene rings is 2. The second kappa shape index (κ2) is 10.6. The average Bonchev–Trinajstić information content (AvgIpc) is 2.71. The van der Waals surface area contributed by atoms with Crippen LogP contribution in [0.4, 0.5) is 11.4 Å². The molecule has 0 spiro atoms. The van der Waals surface area contributed by atoms with E-state index in [2.05, 4.69) is 10.6 Å². The molecule has 0 aliphatic carbocycles. The number of esters is 1. The molecule has 0 aliphatic rings. The zero-order valence-electron chi connectivity index (χ0n) is 16.2. The second-order valence-electron chi connectivity index (χ2n) is 6.12. The molecule has 0 bridgehead atoms. The Morgan fingerprint density at radius 1 is 0.862 bits per heavy atom. The van der Waals surface area contributed by atoms with Crippen LogP contribution in [-0.4, -0.2) is 37.3 Å². The van der Waals surface area contributed by atoms with Crippen molar-refractivity contribution < 1.29 is 28.7 Å². The normalized spacial score (nSPS) is 10.0. The van der Waals surface area contributed by atoms with Crippen LogP contribution in [0.25, 0.3) is 0 Å². The molecule has 2 rings (SSSR count). The summed E-state index contributed by atoms with van der Waals surface area (Å²) in [4.78, 5) is 46.8. The Bertz CT molecular complexity index is 892. The van der Waals surface area contributed by atoms with Crippen LogP contribution in [0, 0.1) is 0 Å². The molecular formula is C21H22N2O6. The van der Waals surface area contributed by atoms with E-state index in [1.807, 2.05) is 0 Å². The van der Waals surface area contributed by atoms with Crippen molar-refractivity contribution in [2.45, 2.75) is 19.8 Å². The molecule has 0 unspecified atom stereocenters. The summed E-state index contributed by atoms with van der Waals surface area (Å²) in [6.07, 6.45) is -0.234. The topological polar surface area (TPSA) is 111 Å². The first-order valence-corrected chi connectivity index (χ1v) is 8.88. The van der Waals surface area contributed by atoms with Crippen LogP contribution in [0.15, 0.2) is 48.5 Å². The molecule has 152 valence electrons. The molecular weight excluding hydrogens is 376 g/mol. The summed E-state index contributed by atoms with van der Waals surface area (Å²) in [6.45, 7) is 0.941. The highest BCUT2D eigenvalue weighted by Gasteiger charge is 2.11. The van der Waals surface area contributed by atoms with Crippen molar-refractivity contribution in [1.29, 1.82) is 0 Å². The molecule has 2 N–H and O–H groups in total. The number of carbonyl (C=O) groups excluding carboxylic acids is 4. The monoisotopic (exact) mass is 398 g/mol. The predicted molar refractivity (Wildman–Crippen MR) is 107 cm³/mol. The number of hydrogen-bond acceptors (Lipinski definition) is 6. The number of methoxy groups -OCH3 is 1. The van der Waals surface area contributed by atoms with Crippen LogP contribution < -0.4 is 15.4 Å². The van der Waals surface area contributed by atoms with Crippen LogP contribution in [0.1, 0.15) is 30.1 Å². The summed E-state index contributed by atoms with van der Waals surface area (Å²) >= 11 is 0. The highest BCUT2D eigenvalue weighted by atomic mass is 16.5. The quantitative estimate of drug-likeness (QED) is 0.496. The maximum Gasteiger partial charge on any atom is 0.306 e. The summed E-state index contributed by atoms with van der Waals surface area (Å²) in [7, 11) is 1.54. The fraction of sp³-hybridized carbons (Fsp3) is 0.238. The van der Waals surface area contributed by atoms with E-state index in [0.717, 1.165) is 0 Å². The molecule has 0 aliphatic heterocycles. The highest BCUT2D eigenvalue weighted by molar-refractivity contribution is 5.98. The molecule has 2 aromatic rings. The van der Waals surface area contributed by atoms with Gasteiger partial charge in [0, 0.05) is 23.4 Å². The fourth-order valence-corrected chi connectivity index (χ4v) is 2.34. The third-order valence-electron chi connectivity index (χ3n) is 3.85. The van der Waals surface area contributed by atoms with Gasteiger partial charge in [-0.05, 0) is 43.3 Å². The van der Waals surface area contributed by atoms with Gasteiger partial charge in [0.05, 0.1) is 13.5 Å². The van der Waals surface area contributed by atoms with Crippen molar-refractivity contribution in [2.24, 2.45) is 0 Å². The Hall–Kier alpha value is -3.68. The zero-order chi connectivity index (χ0) is 21.2. The van der Waals surface area contributed by atoms with Crippen LogP contribution in [0.2, 0.25) is 0 Å². The number of ketones is 1. The van der Waals surface area contributed by atoms with E-state index in [0.29, 0.717) is 22.7 Å². The van der Waals surface area contributed by atoms with Crippen molar-refractivity contribution in [1.82, 2.24) is 0 Å². The fourth-order valence-electron chi connectivity index (χ4n) is 2.34. The number of nitrogens with one attached hydrogen (secondary N) is 2. The lowest BCUT2D eigenvalue weighted by Crippen LogP contribution is -2.22. The van der Waals surface area contributed by atoms with Crippen molar-refractivity contribution in [3.05, 3.63) is 54.1 Å². The molecule has 8 heteroatoms. The van der Waals surface area contributed by atoms with Crippen molar-refractivity contribution in [3.8, 4) is 5.75 Å². The Balaban J connectivity index is 1.70. The van der Waals surface area contributed by atoms with Gasteiger partial charge in [0.25, 0.3) is 5.91 Å². The molecule has 0 fully saturated rings. The Morgan fingerprint density at radius 2 is 1.55 bits per heavy atom. The van der Waals surface area contributed by atoms with Crippen LogP contribution >= 0.6 is 0 Å². The smallest absolute Gasteiger partial charge is 0.306 e. The minimum Gasteiger partial charge on any atom is -0.497 e. The standard InChI is InChI=1S/C21H22N2O6/c1-14(24)15-4-3-5-17(12-15)23-20(26)13-29-21(27)11-10-19(25)22-16-6-8-18(28-2)9-7-16/h3-9,12H,10-11,13H2,1-2H3,(H,22,25)(H,23,26). The Labute approximate surface area is 168 Å². The maximum absolute atomic E-state index is 11.9. The summed E-state index contributed by atoms with van der Waals surface area (Å²) in [5.41, 5.74) is 1.47. The molecule has 0 saturated carbocycles. The van der Waals surface area contributed by atoms with Crippen molar-refractivity contribution in [3.63, 3.8) is 0 Å². The van der Waals surface area contributed by atoms with Gasteiger partial charge in [-0.1, -0.05) is 12.1 Å². The molecule has 0 saturated heterocycles. The van der Waals surface area contributed by atoms with Gasteiger partial charge in [-0.3, -0.25) is 19.2 Å². The third-order valence-corrected chi connectivity index (χ3v) is 3.85. The van der Waals surface area contributed by atoms with Crippen LogP contribution in [-0.2, 0) is 19.1 Å². The highest BCUT2D eigenvalue weighted by Crippen LogP contribution is 2.15. The van der Waals surface area contributed by atoms with Gasteiger partial charge >= 0.3 is 5.97 Å². The Kier molecular flexibility index (Phi) is 7.90. The van der Waals surface area contributed by atoms with Crippen LogP contribution in [0.5, 0.6) is 5.75 Å². The van der Waals surface area contributed by atoms with Gasteiger partial charge in [-0.2, -0.15) is 0 Å². The number of hydrogen-bond donors (Lipinski definition) is 2. The SMILES string of the molecule is COc1ccc(NC(=O)CCC(=O)OCC(=O)Nc2cccc(C(C)=O)c2)cc1. The third kappa shape index (κ3) is 7.45. The number of rotatable bonds is 9. The number of ether oxygens (including phenoxy) is 2. The number of anilines is 2. The zero-order valence-corrected chi connectivity index (χ0v) is 16.2. The van der Waals surface area contributed by atoms with E-state index in [9.17, 15) is 19.2 Å². The maximum atomic E-state index is 11.9. The van der Waals surface area contributed by atoms with Gasteiger partial charge in [-0.25, -0.2) is 0 Å². The van der Waals surface area contributed by atoms with Crippen molar-refractivity contribution in [2.75, 3.05) is 24.4 Å². The Morgan fingerprint density at radius 3 is 2.21 bits per heavy atom. The molecule has 8 nitrogen and oxygen atoms in total. The molecule has 2 aromatic carbocycles. The lowest BCUT2D eigenvalue weighted by molar-refractivity contribution is -0.147. The summed E-state index contributed by atoms with van der Waals surface area (Å²) < 4.78 is 9.90. The molecule has 2 amide bonds. The molecule has 29 heavy (non-hydrogen) atoms. The van der Waals surface area contributed by atoms with Crippen molar-refractivity contribution >= 4 is 34.9 Å². The van der Waals surface area contributed by atoms with Gasteiger partial charge in [-0.15, -0.1) is 0 Å². The van der Waals surface area contributed by atoms with Gasteiger partial charge < -0.3 is 20.1 Å². The molecule has 0 radical (unpaired) electrons. The number of Topliss-reactive ketones (excluding diaryl/α,β-unsaturated/α-hetero) is 1. The number of amides is 2. The lowest BCUT2D eigenvalue weighted by Gasteiger charge is -2.08. The van der Waals surface area contributed by atoms with Crippen LogP contribution in [0.3, 0.4) is 0 Å². The minimum absolute atomic E-state index is 0.0763. The van der Waals surface area contributed by atoms with Gasteiger partial charge in [0.15, 0.2) is 12.4 Å². The first-order chi connectivity index (χ1) is 13.9. The summed E-state index contributed by atoms with van der Waals surface area (Å²) in [5.74, 6) is -1.01. The van der Waals surface area contributed by atoms with E-state index >= 15 is 0 Å². The largest absolute Gasteiger partial charge is 0.497 e. The summed E-state index contributed by atoms with van der Waals surface area (Å²) in [5, 5.41) is 5.19. The molecule has 0 heterocycles.